The third-order valence-corrected chi connectivity index (χ3v) is 0. The Bertz CT molecular complexity index is 15.7. The van der Waals surface area contributed by atoms with Crippen molar-refractivity contribution in [3.05, 3.63) is 0 Å². The Hall–Kier alpha value is 2.76. The summed E-state index contributed by atoms with van der Waals surface area (Å²) in [5.74, 6) is 0. The molecule has 0 fully saturated rings. The van der Waals surface area contributed by atoms with Crippen LogP contribution in [0.25, 0.3) is 0 Å². The molecule has 0 saturated carbocycles. The Morgan fingerprint density at radius 1 is 0.714 bits per heavy atom. The first-order chi connectivity index (χ1) is 2.00. The van der Waals surface area contributed by atoms with Crippen LogP contribution in [0.4, 0.5) is 0 Å². The predicted octanol–water partition coefficient (Wildman–Crippen LogP) is -1.16. The van der Waals surface area contributed by atoms with Crippen LogP contribution in [0.5, 0.6) is 0 Å². The summed E-state index contributed by atoms with van der Waals surface area (Å²) < 4.78 is 16.7. The number of rotatable bonds is 0. The molecule has 7 heteroatoms. The van der Waals surface area contributed by atoms with Crippen molar-refractivity contribution in [2.24, 2.45) is 0 Å². The molecule has 0 aromatic rings. The van der Waals surface area contributed by atoms with Gasteiger partial charge in [-0.05, 0) is 0 Å². The van der Waals surface area contributed by atoms with Gasteiger partial charge in [0.05, 0.1) is 0 Å². The Morgan fingerprint density at radius 2 is 0.714 bits per heavy atom. The fourth-order valence-corrected chi connectivity index (χ4v) is 0. The topological polar surface area (TPSA) is 34.1 Å². The Labute approximate surface area is 101 Å². The molecule has 2 nitrogen and oxygen atoms in total. The van der Waals surface area contributed by atoms with Gasteiger partial charge in [-0.25, -0.2) is 0 Å². The molecule has 0 amide bonds. The molecule has 0 aromatic heterocycles. The van der Waals surface area contributed by atoms with Gasteiger partial charge in [-0.3, -0.25) is 0 Å². The molecular weight excluding hydrogens is 542 g/mol. The summed E-state index contributed by atoms with van der Waals surface area (Å²) in [5, 5.41) is 0. The predicted molar refractivity (Wildman–Crippen MR) is 9.92 cm³/mol. The van der Waals surface area contributed by atoms with Crippen LogP contribution in [0.3, 0.4) is 0 Å². The monoisotopic (exact) mass is 544 g/mol. The van der Waals surface area contributed by atoms with E-state index >= 15 is 0 Å². The first-order valence-electron chi connectivity index (χ1n) is 0.333. The molecule has 0 aliphatic carbocycles. The molecular formula is H2Co2MgO2W2. The maximum absolute atomic E-state index is 8.33. The van der Waals surface area contributed by atoms with Crippen molar-refractivity contribution in [1.29, 1.82) is 0 Å². The van der Waals surface area contributed by atoms with Crippen molar-refractivity contribution in [1.82, 2.24) is 0 Å². The van der Waals surface area contributed by atoms with E-state index in [1.54, 1.807) is 0 Å². The minimum atomic E-state index is 0. The van der Waals surface area contributed by atoms with Gasteiger partial charge in [0.15, 0.2) is 0 Å². The van der Waals surface area contributed by atoms with E-state index in [1.165, 1.54) is 0 Å². The van der Waals surface area contributed by atoms with Gasteiger partial charge >= 0.3 is 69.4 Å². The third kappa shape index (κ3) is 52.6. The van der Waals surface area contributed by atoms with Crippen molar-refractivity contribution in [2.75, 3.05) is 0 Å². The molecule has 0 atom stereocenters. The Balaban J connectivity index is -0.00000000267. The average Bonchev–Trinajstić information content (AvgIpc) is 1.50. The summed E-state index contributed by atoms with van der Waals surface area (Å²) in [6, 6.07) is 0. The standard InChI is InChI=1S/2Co.Mg.2O.2W.2H. The van der Waals surface area contributed by atoms with Crippen molar-refractivity contribution in [2.45, 2.75) is 0 Å². The van der Waals surface area contributed by atoms with Gasteiger partial charge in [-0.15, -0.1) is 0 Å². The van der Waals surface area contributed by atoms with Crippen LogP contribution in [-0.4, -0.2) is 23.1 Å². The van der Waals surface area contributed by atoms with Crippen molar-refractivity contribution in [3.63, 3.8) is 0 Å². The van der Waals surface area contributed by atoms with E-state index in [-0.39, 0.29) is 56.6 Å². The van der Waals surface area contributed by atoms with Crippen LogP contribution in [0, 0.1) is 0 Å². The van der Waals surface area contributed by atoms with Gasteiger partial charge in [0.2, 0.25) is 0 Å². The van der Waals surface area contributed by atoms with Gasteiger partial charge in [0, 0.05) is 33.6 Å². The zero-order valence-corrected chi connectivity index (χ0v) is 10.2. The van der Waals surface area contributed by atoms with Crippen LogP contribution >= 0.6 is 0 Å². The third-order valence-electron chi connectivity index (χ3n) is 0. The molecule has 0 bridgehead atoms. The van der Waals surface area contributed by atoms with Crippen LogP contribution in [0.1, 0.15) is 0 Å². The summed E-state index contributed by atoms with van der Waals surface area (Å²) in [7, 11) is 0. The molecule has 0 aliphatic rings. The van der Waals surface area contributed by atoms with Gasteiger partial charge in [0.25, 0.3) is 0 Å². The van der Waals surface area contributed by atoms with E-state index in [4.69, 9.17) is 6.80 Å². The second-order valence-corrected chi connectivity index (χ2v) is 0. The van der Waals surface area contributed by atoms with Crippen LogP contribution < -0.4 is 0 Å². The molecule has 7 heavy (non-hydrogen) atoms. The zero-order valence-electron chi connectivity index (χ0n) is 2.30. The molecule has 0 N–H and O–H groups in total. The van der Waals surface area contributed by atoms with E-state index in [1.807, 2.05) is 0 Å². The molecule has 0 unspecified atom stereocenters. The van der Waals surface area contributed by atoms with E-state index < -0.39 is 0 Å². The molecule has 0 aliphatic heterocycles. The summed E-state index contributed by atoms with van der Waals surface area (Å²) in [6.45, 7) is 0. The summed E-state index contributed by atoms with van der Waals surface area (Å²) in [5.41, 5.74) is 0. The molecule has 2 radical (unpaired) electrons. The van der Waals surface area contributed by atoms with Crippen molar-refractivity contribution >= 4 is 23.1 Å². The van der Waals surface area contributed by atoms with Crippen LogP contribution in [-0.2, 0) is 79.9 Å². The van der Waals surface area contributed by atoms with Gasteiger partial charge in [-0.2, -0.15) is 0 Å². The SMILES string of the molecule is [Co].[Co].[MgH2].[O]=[W].[O]=[W]. The van der Waals surface area contributed by atoms with Gasteiger partial charge < -0.3 is 0 Å². The maximum atomic E-state index is 8.33. The molecule has 0 saturated heterocycles. The molecule has 0 heterocycles. The molecule has 46 valence electrons. The quantitative estimate of drug-likeness (QED) is 0.361. The van der Waals surface area contributed by atoms with E-state index in [2.05, 4.69) is 0 Å². The summed E-state index contributed by atoms with van der Waals surface area (Å²) in [4.78, 5) is 0. The normalized spacial score (nSPS) is 1.14. The van der Waals surface area contributed by atoms with Crippen LogP contribution in [0.15, 0.2) is 0 Å². The summed E-state index contributed by atoms with van der Waals surface area (Å²) >= 11 is 0.667. The fourth-order valence-electron chi connectivity index (χ4n) is 0. The van der Waals surface area contributed by atoms with Crippen molar-refractivity contribution < 1.29 is 79.9 Å². The zero-order chi connectivity index (χ0) is 4.00. The van der Waals surface area contributed by atoms with Gasteiger partial charge in [-0.1, -0.05) is 0 Å². The van der Waals surface area contributed by atoms with Gasteiger partial charge in [0.1, 0.15) is 0 Å². The van der Waals surface area contributed by atoms with Crippen molar-refractivity contribution in [3.8, 4) is 0 Å². The molecule has 0 aromatic carbocycles. The second kappa shape index (κ2) is 69.4. The van der Waals surface area contributed by atoms with E-state index in [0.717, 1.165) is 0 Å². The molecule has 0 spiro atoms. The summed E-state index contributed by atoms with van der Waals surface area (Å²) in [6.07, 6.45) is 0. The first-order valence-corrected chi connectivity index (χ1v) is 2.73. The Kier molecular flexibility index (Phi) is 328. The fraction of sp³-hybridized carbons (Fsp3) is 0. The second-order valence-electron chi connectivity index (χ2n) is 0. The van der Waals surface area contributed by atoms with E-state index in [9.17, 15) is 0 Å². The number of hydrogen-bond donors (Lipinski definition) is 0. The number of hydrogen-bond acceptors (Lipinski definition) is 2. The first kappa shape index (κ1) is 33.1. The minimum absolute atomic E-state index is 0. The Morgan fingerprint density at radius 3 is 0.714 bits per heavy atom. The van der Waals surface area contributed by atoms with Crippen LogP contribution in [0.2, 0.25) is 0 Å². The average molecular weight is 544 g/mol. The van der Waals surface area contributed by atoms with E-state index in [0.29, 0.717) is 39.6 Å². The molecule has 0 rings (SSSR count).